The molecule has 4 aromatic rings. The summed E-state index contributed by atoms with van der Waals surface area (Å²) in [6.45, 7) is 17.6. The van der Waals surface area contributed by atoms with Gasteiger partial charge in [-0.1, -0.05) is 31.2 Å². The summed E-state index contributed by atoms with van der Waals surface area (Å²) in [5.74, 6) is 1.95. The van der Waals surface area contributed by atoms with E-state index in [4.69, 9.17) is 18.3 Å². The van der Waals surface area contributed by atoms with Crippen LogP contribution in [0.25, 0.3) is 0 Å². The molecule has 0 amide bonds. The van der Waals surface area contributed by atoms with E-state index < -0.39 is 5.41 Å². The highest BCUT2D eigenvalue weighted by Gasteiger charge is 2.48. The number of ether oxygens (including phenoxy) is 2. The van der Waals surface area contributed by atoms with E-state index in [0.29, 0.717) is 19.3 Å². The van der Waals surface area contributed by atoms with Crippen molar-refractivity contribution in [3.8, 4) is 11.5 Å². The number of piperidine rings is 2. The number of oxazole rings is 2. The van der Waals surface area contributed by atoms with Gasteiger partial charge in [-0.2, -0.15) is 0 Å². The summed E-state index contributed by atoms with van der Waals surface area (Å²) in [7, 11) is 0. The van der Waals surface area contributed by atoms with Gasteiger partial charge >= 0.3 is 0 Å². The zero-order valence-electron chi connectivity index (χ0n) is 33.7. The van der Waals surface area contributed by atoms with Crippen LogP contribution in [0.15, 0.2) is 82.3 Å². The van der Waals surface area contributed by atoms with E-state index >= 15 is 0 Å². The van der Waals surface area contributed by atoms with Crippen molar-refractivity contribution in [2.75, 3.05) is 26.2 Å². The minimum absolute atomic E-state index is 0.0461. The van der Waals surface area contributed by atoms with Crippen LogP contribution in [0.1, 0.15) is 119 Å². The molecule has 2 aliphatic rings. The van der Waals surface area contributed by atoms with Crippen LogP contribution in [0.2, 0.25) is 0 Å². The minimum Gasteiger partial charge on any atom is -0.491 e. The topological polar surface area (TPSA) is 111 Å². The molecule has 0 N–H and O–H groups in total. The molecule has 6 rings (SSSR count). The molecule has 0 spiro atoms. The summed E-state index contributed by atoms with van der Waals surface area (Å²) in [5, 5.41) is 0. The Kier molecular flexibility index (Phi) is 13.3. The fourth-order valence-corrected chi connectivity index (χ4v) is 8.81. The number of nitrogens with zero attached hydrogens (tertiary/aromatic N) is 4. The Bertz CT molecular complexity index is 1770. The maximum atomic E-state index is 14.5. The lowest BCUT2D eigenvalue weighted by molar-refractivity contribution is 0.0330. The molecule has 296 valence electrons. The Morgan fingerprint density at radius 2 is 1.31 bits per heavy atom. The van der Waals surface area contributed by atoms with Gasteiger partial charge in [0.05, 0.1) is 18.5 Å². The summed E-state index contributed by atoms with van der Waals surface area (Å²) in [6.07, 6.45) is 11.5. The zero-order valence-corrected chi connectivity index (χ0v) is 33.7. The van der Waals surface area contributed by atoms with E-state index in [1.165, 1.54) is 29.9 Å². The normalized spacial score (nSPS) is 18.2. The summed E-state index contributed by atoms with van der Waals surface area (Å²) < 4.78 is 23.1. The number of likely N-dealkylation sites (tertiary alicyclic amines) is 2. The third-order valence-corrected chi connectivity index (χ3v) is 11.6. The molecule has 0 bridgehead atoms. The number of aromatic nitrogens is 2. The van der Waals surface area contributed by atoms with Crippen molar-refractivity contribution in [2.45, 2.75) is 111 Å². The maximum absolute atomic E-state index is 14.5. The number of benzene rings is 2. The highest BCUT2D eigenvalue weighted by atomic mass is 16.5. The molecule has 2 fully saturated rings. The molecule has 2 aliphatic heterocycles. The van der Waals surface area contributed by atoms with Gasteiger partial charge in [0, 0.05) is 24.4 Å². The van der Waals surface area contributed by atoms with Crippen molar-refractivity contribution in [3.63, 3.8) is 0 Å². The summed E-state index contributed by atoms with van der Waals surface area (Å²) in [6, 6.07) is 16.7. The molecule has 2 aromatic heterocycles. The molecule has 10 nitrogen and oxygen atoms in total. The minimum atomic E-state index is -0.703. The average molecular weight is 753 g/mol. The summed E-state index contributed by atoms with van der Waals surface area (Å²) >= 11 is 0. The Labute approximate surface area is 327 Å². The van der Waals surface area contributed by atoms with Gasteiger partial charge in [-0.3, -0.25) is 19.4 Å². The lowest BCUT2D eigenvalue weighted by Crippen LogP contribution is -2.46. The van der Waals surface area contributed by atoms with Crippen LogP contribution in [-0.4, -0.2) is 69.2 Å². The third-order valence-electron chi connectivity index (χ3n) is 11.6. The van der Waals surface area contributed by atoms with E-state index in [1.807, 2.05) is 38.1 Å². The number of carbonyl (C=O) groups excluding carboxylic acids is 2. The fourth-order valence-electron chi connectivity index (χ4n) is 8.81. The van der Waals surface area contributed by atoms with Gasteiger partial charge in [-0.05, 0) is 153 Å². The van der Waals surface area contributed by atoms with Crippen molar-refractivity contribution >= 4 is 11.6 Å². The molecule has 4 heterocycles. The molecular weight excluding hydrogens is 693 g/mol. The van der Waals surface area contributed by atoms with E-state index in [0.717, 1.165) is 76.5 Å². The zero-order chi connectivity index (χ0) is 39.0. The van der Waals surface area contributed by atoms with Gasteiger partial charge in [0.15, 0.2) is 0 Å². The van der Waals surface area contributed by atoms with Crippen LogP contribution in [0, 0.1) is 23.2 Å². The first kappa shape index (κ1) is 40.4. The van der Waals surface area contributed by atoms with E-state index in [1.54, 1.807) is 6.20 Å². The predicted molar refractivity (Wildman–Crippen MR) is 212 cm³/mol. The molecule has 10 heteroatoms. The quantitative estimate of drug-likeness (QED) is 0.0968. The van der Waals surface area contributed by atoms with Crippen LogP contribution < -0.4 is 9.47 Å². The first-order valence-corrected chi connectivity index (χ1v) is 20.3. The molecule has 2 saturated heterocycles. The second-order valence-electron chi connectivity index (χ2n) is 16.9. The Morgan fingerprint density at radius 3 is 1.80 bits per heavy atom. The van der Waals surface area contributed by atoms with Crippen molar-refractivity contribution in [1.29, 1.82) is 0 Å². The highest BCUT2D eigenvalue weighted by Crippen LogP contribution is 2.47. The second-order valence-corrected chi connectivity index (χ2v) is 16.9. The summed E-state index contributed by atoms with van der Waals surface area (Å²) in [5.41, 5.74) is 1.54. The van der Waals surface area contributed by atoms with Gasteiger partial charge in [0.2, 0.25) is 11.6 Å². The van der Waals surface area contributed by atoms with Crippen molar-refractivity contribution in [1.82, 2.24) is 19.8 Å². The largest absolute Gasteiger partial charge is 0.491 e. The Morgan fingerprint density at radius 1 is 0.782 bits per heavy atom. The number of carbonyl (C=O) groups is 2. The predicted octanol–water partition coefficient (Wildman–Crippen LogP) is 9.31. The van der Waals surface area contributed by atoms with Crippen LogP contribution in [0.5, 0.6) is 11.5 Å². The maximum Gasteiger partial charge on any atom is 0.263 e. The van der Waals surface area contributed by atoms with Crippen molar-refractivity contribution in [2.24, 2.45) is 23.2 Å². The SMILES string of the molecule is CCC(CCC(C(=O)c1ncco1)C1CCN(Cc2ccc(OC(C)(C)C)cc2)CC1)(C(=O)c1ncco1)C1CCN(Cc2ccc(OC(C)C)cc2)CC1. The van der Waals surface area contributed by atoms with Gasteiger partial charge in [0.25, 0.3) is 11.8 Å². The van der Waals surface area contributed by atoms with Gasteiger partial charge in [-0.25, -0.2) is 9.97 Å². The standard InChI is InChI=1S/C45H60N4O6/c1-7-45(41(51)43-47-23-29-53-43,36-19-26-49(27-20-36)31-33-8-12-37(13-9-33)54-32(2)3)21-16-39(40(50)42-46-22-28-52-42)35-17-24-48(25-18-35)30-34-10-14-38(15-11-34)55-44(4,5)6/h8-15,22-23,28-29,32,35-36,39H,7,16-21,24-27,30-31H2,1-6H3. The van der Waals surface area contributed by atoms with Gasteiger partial charge in [-0.15, -0.1) is 0 Å². The monoisotopic (exact) mass is 752 g/mol. The van der Waals surface area contributed by atoms with Gasteiger partial charge < -0.3 is 18.3 Å². The highest BCUT2D eigenvalue weighted by molar-refractivity contribution is 5.97. The van der Waals surface area contributed by atoms with Gasteiger partial charge in [0.1, 0.15) is 29.6 Å². The number of hydrogen-bond donors (Lipinski definition) is 0. The Hall–Kier alpha value is -4.28. The fraction of sp³-hybridized carbons (Fsp3) is 0.556. The lowest BCUT2D eigenvalue weighted by atomic mass is 9.62. The molecular formula is C45H60N4O6. The lowest BCUT2D eigenvalue weighted by Gasteiger charge is -2.44. The van der Waals surface area contributed by atoms with E-state index in [-0.39, 0.29) is 52.8 Å². The number of ketones is 2. The van der Waals surface area contributed by atoms with Crippen LogP contribution >= 0.6 is 0 Å². The van der Waals surface area contributed by atoms with E-state index in [9.17, 15) is 9.59 Å². The molecule has 2 atom stereocenters. The van der Waals surface area contributed by atoms with Crippen LogP contribution in [-0.2, 0) is 13.1 Å². The van der Waals surface area contributed by atoms with Crippen LogP contribution in [0.4, 0.5) is 0 Å². The molecule has 2 aromatic carbocycles. The first-order valence-electron chi connectivity index (χ1n) is 20.3. The Balaban J connectivity index is 1.14. The smallest absolute Gasteiger partial charge is 0.263 e. The average Bonchev–Trinajstić information content (AvgIpc) is 3.91. The molecule has 2 unspecified atom stereocenters. The van der Waals surface area contributed by atoms with Crippen molar-refractivity contribution in [3.05, 3.63) is 96.4 Å². The summed E-state index contributed by atoms with van der Waals surface area (Å²) in [4.78, 5) is 42.2. The third kappa shape index (κ3) is 10.5. The van der Waals surface area contributed by atoms with Crippen LogP contribution in [0.3, 0.4) is 0 Å². The molecule has 55 heavy (non-hydrogen) atoms. The first-order chi connectivity index (χ1) is 26.4. The second kappa shape index (κ2) is 18.1. The number of rotatable bonds is 17. The number of Topliss-reactive ketones (excluding diaryl/α,β-unsaturated/α-hetero) is 2. The number of hydrogen-bond acceptors (Lipinski definition) is 10. The molecule has 0 saturated carbocycles. The van der Waals surface area contributed by atoms with E-state index in [2.05, 4.69) is 71.7 Å². The molecule has 0 aliphatic carbocycles. The molecule has 0 radical (unpaired) electrons. The van der Waals surface area contributed by atoms with Crippen molar-refractivity contribution < 1.29 is 27.9 Å².